The van der Waals surface area contributed by atoms with E-state index in [0.29, 0.717) is 0 Å². The van der Waals surface area contributed by atoms with Crippen LogP contribution >= 0.6 is 0 Å². The normalized spacial score (nSPS) is 11.8. The minimum absolute atomic E-state index is 0.0229. The third-order valence-electron chi connectivity index (χ3n) is 3.23. The molecule has 0 aliphatic rings. The molecule has 2 aromatic carbocycles. The van der Waals surface area contributed by atoms with Crippen LogP contribution in [0, 0.1) is 5.82 Å². The van der Waals surface area contributed by atoms with Gasteiger partial charge in [-0.3, -0.25) is 4.79 Å². The van der Waals surface area contributed by atoms with Crippen molar-refractivity contribution in [2.45, 2.75) is 13.0 Å². The number of carbonyl (C=O) groups excluding carboxylic acids is 1. The molecule has 0 bridgehead atoms. The lowest BCUT2D eigenvalue weighted by Gasteiger charge is -2.15. The SMILES string of the molecule is COc1ccc([C@@H](C)NC(=O)c2ccc(N)c(F)c2)cc1. The number of anilines is 1. The second kappa shape index (κ2) is 6.26. The van der Waals surface area contributed by atoms with Crippen molar-refractivity contribution >= 4 is 11.6 Å². The van der Waals surface area contributed by atoms with Crippen LogP contribution < -0.4 is 15.8 Å². The molecule has 0 saturated carbocycles. The average molecular weight is 288 g/mol. The van der Waals surface area contributed by atoms with Gasteiger partial charge in [-0.25, -0.2) is 4.39 Å². The van der Waals surface area contributed by atoms with Crippen molar-refractivity contribution in [3.63, 3.8) is 0 Å². The summed E-state index contributed by atoms with van der Waals surface area (Å²) >= 11 is 0. The zero-order valence-corrected chi connectivity index (χ0v) is 11.9. The van der Waals surface area contributed by atoms with Crippen LogP contribution in [0.15, 0.2) is 42.5 Å². The number of nitrogens with two attached hydrogens (primary N) is 1. The van der Waals surface area contributed by atoms with Gasteiger partial charge in [-0.2, -0.15) is 0 Å². The Balaban J connectivity index is 2.08. The van der Waals surface area contributed by atoms with Gasteiger partial charge in [0.2, 0.25) is 0 Å². The van der Waals surface area contributed by atoms with Crippen LogP contribution in [0.2, 0.25) is 0 Å². The Hall–Kier alpha value is -2.56. The molecule has 0 fully saturated rings. The molecule has 4 nitrogen and oxygen atoms in total. The predicted molar refractivity (Wildman–Crippen MR) is 79.7 cm³/mol. The number of nitrogens with one attached hydrogen (secondary N) is 1. The van der Waals surface area contributed by atoms with Crippen LogP contribution in [0.1, 0.15) is 28.9 Å². The van der Waals surface area contributed by atoms with E-state index in [-0.39, 0.29) is 23.2 Å². The van der Waals surface area contributed by atoms with Gasteiger partial charge < -0.3 is 15.8 Å². The van der Waals surface area contributed by atoms with E-state index in [2.05, 4.69) is 5.32 Å². The van der Waals surface area contributed by atoms with E-state index in [1.807, 2.05) is 31.2 Å². The molecule has 2 rings (SSSR count). The Morgan fingerprint density at radius 1 is 1.24 bits per heavy atom. The fraction of sp³-hybridized carbons (Fsp3) is 0.188. The summed E-state index contributed by atoms with van der Waals surface area (Å²) in [4.78, 5) is 12.1. The highest BCUT2D eigenvalue weighted by Crippen LogP contribution is 2.18. The molecule has 2 aromatic rings. The van der Waals surface area contributed by atoms with E-state index in [9.17, 15) is 9.18 Å². The molecule has 5 heteroatoms. The average Bonchev–Trinajstić information content (AvgIpc) is 2.50. The molecule has 0 aliphatic heterocycles. The van der Waals surface area contributed by atoms with E-state index in [4.69, 9.17) is 10.5 Å². The minimum Gasteiger partial charge on any atom is -0.497 e. The van der Waals surface area contributed by atoms with Gasteiger partial charge in [-0.05, 0) is 42.8 Å². The van der Waals surface area contributed by atoms with Gasteiger partial charge in [0, 0.05) is 5.56 Å². The molecule has 0 aromatic heterocycles. The highest BCUT2D eigenvalue weighted by molar-refractivity contribution is 5.94. The summed E-state index contributed by atoms with van der Waals surface area (Å²) in [5.74, 6) is -0.199. The van der Waals surface area contributed by atoms with Crippen LogP contribution in [-0.2, 0) is 0 Å². The molecule has 110 valence electrons. The van der Waals surface area contributed by atoms with Gasteiger partial charge in [0.1, 0.15) is 11.6 Å². The summed E-state index contributed by atoms with van der Waals surface area (Å²) in [6.45, 7) is 1.85. The summed E-state index contributed by atoms with van der Waals surface area (Å²) in [6.07, 6.45) is 0. The van der Waals surface area contributed by atoms with Crippen molar-refractivity contribution in [2.75, 3.05) is 12.8 Å². The van der Waals surface area contributed by atoms with Crippen molar-refractivity contribution in [3.05, 3.63) is 59.4 Å². The van der Waals surface area contributed by atoms with Gasteiger partial charge in [0.25, 0.3) is 5.91 Å². The van der Waals surface area contributed by atoms with Crippen LogP contribution in [0.4, 0.5) is 10.1 Å². The van der Waals surface area contributed by atoms with Crippen molar-refractivity contribution < 1.29 is 13.9 Å². The first kappa shape index (κ1) is 14.8. The molecule has 0 aliphatic carbocycles. The maximum absolute atomic E-state index is 13.4. The Bertz CT molecular complexity index is 641. The fourth-order valence-corrected chi connectivity index (χ4v) is 1.92. The highest BCUT2D eigenvalue weighted by Gasteiger charge is 2.13. The zero-order chi connectivity index (χ0) is 15.4. The number of benzene rings is 2. The summed E-state index contributed by atoms with van der Waals surface area (Å²) in [7, 11) is 1.59. The molecule has 1 amide bonds. The molecular formula is C16H17FN2O2. The fourth-order valence-electron chi connectivity index (χ4n) is 1.92. The van der Waals surface area contributed by atoms with Crippen LogP contribution in [0.25, 0.3) is 0 Å². The smallest absolute Gasteiger partial charge is 0.251 e. The van der Waals surface area contributed by atoms with Crippen LogP contribution in [0.5, 0.6) is 5.75 Å². The van der Waals surface area contributed by atoms with Crippen LogP contribution in [-0.4, -0.2) is 13.0 Å². The Kier molecular flexibility index (Phi) is 4.42. The number of halogens is 1. The van der Waals surface area contributed by atoms with E-state index in [0.717, 1.165) is 17.4 Å². The molecular weight excluding hydrogens is 271 g/mol. The first-order valence-electron chi connectivity index (χ1n) is 6.51. The standard InChI is InChI=1S/C16H17FN2O2/c1-10(11-3-6-13(21-2)7-4-11)19-16(20)12-5-8-15(18)14(17)9-12/h3-10H,18H2,1-2H3,(H,19,20)/t10-/m1/s1. The van der Waals surface area contributed by atoms with Crippen molar-refractivity contribution in [2.24, 2.45) is 0 Å². The maximum atomic E-state index is 13.4. The van der Waals surface area contributed by atoms with Gasteiger partial charge in [-0.1, -0.05) is 12.1 Å². The zero-order valence-electron chi connectivity index (χ0n) is 11.9. The Morgan fingerprint density at radius 3 is 2.48 bits per heavy atom. The summed E-state index contributed by atoms with van der Waals surface area (Å²) < 4.78 is 18.4. The third kappa shape index (κ3) is 3.51. The molecule has 0 heterocycles. The van der Waals surface area contributed by atoms with E-state index in [1.165, 1.54) is 12.1 Å². The topological polar surface area (TPSA) is 64.3 Å². The number of hydrogen-bond acceptors (Lipinski definition) is 3. The maximum Gasteiger partial charge on any atom is 0.251 e. The first-order valence-corrected chi connectivity index (χ1v) is 6.51. The number of nitrogen functional groups attached to an aromatic ring is 1. The number of hydrogen-bond donors (Lipinski definition) is 2. The van der Waals surface area contributed by atoms with Crippen molar-refractivity contribution in [1.29, 1.82) is 0 Å². The molecule has 0 saturated heterocycles. The number of amides is 1. The quantitative estimate of drug-likeness (QED) is 0.850. The molecule has 0 unspecified atom stereocenters. The van der Waals surface area contributed by atoms with E-state index < -0.39 is 5.82 Å². The van der Waals surface area contributed by atoms with E-state index in [1.54, 1.807) is 7.11 Å². The lowest BCUT2D eigenvalue weighted by molar-refractivity contribution is 0.0939. The van der Waals surface area contributed by atoms with Crippen LogP contribution in [0.3, 0.4) is 0 Å². The summed E-state index contributed by atoms with van der Waals surface area (Å²) in [6, 6.07) is 11.2. The summed E-state index contributed by atoms with van der Waals surface area (Å²) in [5, 5.41) is 2.81. The van der Waals surface area contributed by atoms with E-state index >= 15 is 0 Å². The lowest BCUT2D eigenvalue weighted by Crippen LogP contribution is -2.26. The third-order valence-corrected chi connectivity index (χ3v) is 3.23. The van der Waals surface area contributed by atoms with Gasteiger partial charge in [-0.15, -0.1) is 0 Å². The van der Waals surface area contributed by atoms with Gasteiger partial charge >= 0.3 is 0 Å². The lowest BCUT2D eigenvalue weighted by atomic mass is 10.1. The molecule has 0 radical (unpaired) electrons. The summed E-state index contributed by atoms with van der Waals surface area (Å²) in [5.41, 5.74) is 6.58. The highest BCUT2D eigenvalue weighted by atomic mass is 19.1. The van der Waals surface area contributed by atoms with Gasteiger partial charge in [0.05, 0.1) is 18.8 Å². The minimum atomic E-state index is -0.597. The van der Waals surface area contributed by atoms with Crippen molar-refractivity contribution in [3.8, 4) is 5.75 Å². The first-order chi connectivity index (χ1) is 10.0. The number of methoxy groups -OCH3 is 1. The number of carbonyl (C=O) groups is 1. The molecule has 21 heavy (non-hydrogen) atoms. The monoisotopic (exact) mass is 288 g/mol. The molecule has 1 atom stereocenters. The molecule has 3 N–H and O–H groups in total. The molecule has 0 spiro atoms. The predicted octanol–water partition coefficient (Wildman–Crippen LogP) is 2.91. The van der Waals surface area contributed by atoms with Crippen molar-refractivity contribution in [1.82, 2.24) is 5.32 Å². The number of rotatable bonds is 4. The second-order valence-corrected chi connectivity index (χ2v) is 4.70. The van der Waals surface area contributed by atoms with Gasteiger partial charge in [0.15, 0.2) is 0 Å². The Morgan fingerprint density at radius 2 is 1.90 bits per heavy atom. The number of ether oxygens (including phenoxy) is 1. The largest absolute Gasteiger partial charge is 0.497 e. The second-order valence-electron chi connectivity index (χ2n) is 4.70. The Labute approximate surface area is 122 Å².